The second kappa shape index (κ2) is 6.56. The molecule has 1 fully saturated rings. The fourth-order valence-electron chi connectivity index (χ4n) is 3.36. The Hall–Kier alpha value is -1.87. The van der Waals surface area contributed by atoms with Crippen molar-refractivity contribution in [1.82, 2.24) is 4.90 Å². The van der Waals surface area contributed by atoms with Gasteiger partial charge in [-0.15, -0.1) is 0 Å². The van der Waals surface area contributed by atoms with Crippen LogP contribution in [0.15, 0.2) is 48.5 Å². The zero-order valence-corrected chi connectivity index (χ0v) is 14.7. The van der Waals surface area contributed by atoms with Crippen LogP contribution >= 0.6 is 11.6 Å². The summed E-state index contributed by atoms with van der Waals surface area (Å²) >= 11 is 5.94. The van der Waals surface area contributed by atoms with Crippen LogP contribution in [0.2, 0.25) is 5.02 Å². The smallest absolute Gasteiger partial charge is 0.232 e. The van der Waals surface area contributed by atoms with Crippen LogP contribution < -0.4 is 0 Å². The van der Waals surface area contributed by atoms with Crippen molar-refractivity contribution in [3.63, 3.8) is 0 Å². The van der Waals surface area contributed by atoms with E-state index in [0.717, 1.165) is 17.5 Å². The van der Waals surface area contributed by atoms with Crippen molar-refractivity contribution in [2.45, 2.75) is 31.6 Å². The van der Waals surface area contributed by atoms with Crippen LogP contribution in [0, 0.1) is 5.82 Å². The minimum absolute atomic E-state index is 0.101. The first-order chi connectivity index (χ1) is 11.4. The number of rotatable bonds is 3. The Morgan fingerprint density at radius 3 is 2.58 bits per heavy atom. The normalized spacial score (nSPS) is 18.0. The maximum Gasteiger partial charge on any atom is 0.232 e. The van der Waals surface area contributed by atoms with Crippen LogP contribution in [-0.4, -0.2) is 23.9 Å². The standard InChI is InChI=1S/C20H21ClFNO/c1-20(2,16-6-8-17(21)9-7-16)19(24)23-11-10-15(13-23)14-4-3-5-18(22)12-14/h3-9,12,15H,10-11,13H2,1-2H3. The van der Waals surface area contributed by atoms with Gasteiger partial charge in [-0.05, 0) is 55.7 Å². The molecule has 1 atom stereocenters. The van der Waals surface area contributed by atoms with Gasteiger partial charge in [0.2, 0.25) is 5.91 Å². The van der Waals surface area contributed by atoms with E-state index < -0.39 is 5.41 Å². The lowest BCUT2D eigenvalue weighted by molar-refractivity contribution is -0.135. The fourth-order valence-corrected chi connectivity index (χ4v) is 3.49. The number of carbonyl (C=O) groups is 1. The third-order valence-corrected chi connectivity index (χ3v) is 5.15. The summed E-state index contributed by atoms with van der Waals surface area (Å²) in [7, 11) is 0. The van der Waals surface area contributed by atoms with E-state index in [2.05, 4.69) is 0 Å². The number of likely N-dealkylation sites (tertiary alicyclic amines) is 1. The maximum atomic E-state index is 13.4. The third-order valence-electron chi connectivity index (χ3n) is 4.90. The fraction of sp³-hybridized carbons (Fsp3) is 0.350. The second-order valence-electron chi connectivity index (χ2n) is 6.92. The Morgan fingerprint density at radius 1 is 1.21 bits per heavy atom. The van der Waals surface area contributed by atoms with Gasteiger partial charge in [-0.3, -0.25) is 4.79 Å². The van der Waals surface area contributed by atoms with E-state index >= 15 is 0 Å². The number of hydrogen-bond donors (Lipinski definition) is 0. The van der Waals surface area contributed by atoms with E-state index in [0.29, 0.717) is 18.1 Å². The van der Waals surface area contributed by atoms with E-state index in [1.165, 1.54) is 6.07 Å². The highest BCUT2D eigenvalue weighted by molar-refractivity contribution is 6.30. The Morgan fingerprint density at radius 2 is 1.92 bits per heavy atom. The molecule has 126 valence electrons. The maximum absolute atomic E-state index is 13.4. The van der Waals surface area contributed by atoms with Crippen molar-refractivity contribution < 1.29 is 9.18 Å². The van der Waals surface area contributed by atoms with Crippen LogP contribution in [0.5, 0.6) is 0 Å². The Kier molecular flexibility index (Phi) is 4.64. The van der Waals surface area contributed by atoms with Crippen LogP contribution in [-0.2, 0) is 10.2 Å². The van der Waals surface area contributed by atoms with Gasteiger partial charge in [0.15, 0.2) is 0 Å². The summed E-state index contributed by atoms with van der Waals surface area (Å²) in [5.74, 6) is 0.0770. The zero-order chi connectivity index (χ0) is 17.3. The van der Waals surface area contributed by atoms with Crippen molar-refractivity contribution in [2.75, 3.05) is 13.1 Å². The highest BCUT2D eigenvalue weighted by Gasteiger charge is 2.37. The molecule has 0 aromatic heterocycles. The molecule has 0 bridgehead atoms. The van der Waals surface area contributed by atoms with E-state index in [1.54, 1.807) is 12.1 Å². The minimum Gasteiger partial charge on any atom is -0.341 e. The summed E-state index contributed by atoms with van der Waals surface area (Å²) in [6.45, 7) is 5.22. The van der Waals surface area contributed by atoms with Gasteiger partial charge in [-0.25, -0.2) is 4.39 Å². The van der Waals surface area contributed by atoms with E-state index in [-0.39, 0.29) is 17.6 Å². The lowest BCUT2D eigenvalue weighted by atomic mass is 9.83. The van der Waals surface area contributed by atoms with E-state index in [9.17, 15) is 9.18 Å². The Labute approximate surface area is 147 Å². The molecule has 1 unspecified atom stereocenters. The van der Waals surface area contributed by atoms with Gasteiger partial charge < -0.3 is 4.90 Å². The summed E-state index contributed by atoms with van der Waals surface area (Å²) in [6.07, 6.45) is 0.867. The highest BCUT2D eigenvalue weighted by atomic mass is 35.5. The molecule has 0 saturated carbocycles. The Bertz CT molecular complexity index is 742. The lowest BCUT2D eigenvalue weighted by Crippen LogP contribution is -2.42. The quantitative estimate of drug-likeness (QED) is 0.784. The molecule has 0 N–H and O–H groups in total. The highest BCUT2D eigenvalue weighted by Crippen LogP contribution is 2.33. The van der Waals surface area contributed by atoms with Crippen LogP contribution in [0.4, 0.5) is 4.39 Å². The molecule has 0 aliphatic carbocycles. The van der Waals surface area contributed by atoms with Gasteiger partial charge in [-0.1, -0.05) is 35.9 Å². The predicted octanol–water partition coefficient (Wildman–Crippen LogP) is 4.77. The minimum atomic E-state index is -0.610. The average molecular weight is 346 g/mol. The van der Waals surface area contributed by atoms with Crippen molar-refractivity contribution >= 4 is 17.5 Å². The molecule has 0 radical (unpaired) electrons. The summed E-state index contributed by atoms with van der Waals surface area (Å²) < 4.78 is 13.4. The molecular weight excluding hydrogens is 325 g/mol. The molecule has 2 aromatic carbocycles. The van der Waals surface area contributed by atoms with Gasteiger partial charge in [0, 0.05) is 24.0 Å². The largest absolute Gasteiger partial charge is 0.341 e. The summed E-state index contributed by atoms with van der Waals surface area (Å²) in [5.41, 5.74) is 1.31. The molecule has 1 saturated heterocycles. The van der Waals surface area contributed by atoms with Gasteiger partial charge in [-0.2, -0.15) is 0 Å². The first kappa shape index (κ1) is 17.0. The zero-order valence-electron chi connectivity index (χ0n) is 13.9. The van der Waals surface area contributed by atoms with Gasteiger partial charge in [0.25, 0.3) is 0 Å². The number of benzene rings is 2. The molecular formula is C20H21ClFNO. The first-order valence-corrected chi connectivity index (χ1v) is 8.56. The summed E-state index contributed by atoms with van der Waals surface area (Å²) in [4.78, 5) is 14.9. The third kappa shape index (κ3) is 3.32. The predicted molar refractivity (Wildman–Crippen MR) is 94.8 cm³/mol. The molecule has 1 aliphatic heterocycles. The molecule has 2 aromatic rings. The van der Waals surface area contributed by atoms with Crippen molar-refractivity contribution in [1.29, 1.82) is 0 Å². The van der Waals surface area contributed by atoms with Crippen LogP contribution in [0.1, 0.15) is 37.3 Å². The number of carbonyl (C=O) groups excluding carboxylic acids is 1. The number of amides is 1. The van der Waals surface area contributed by atoms with Crippen molar-refractivity contribution in [3.8, 4) is 0 Å². The summed E-state index contributed by atoms with van der Waals surface area (Å²) in [5, 5.41) is 0.661. The number of nitrogens with zero attached hydrogens (tertiary/aromatic N) is 1. The van der Waals surface area contributed by atoms with Crippen molar-refractivity contribution in [2.24, 2.45) is 0 Å². The number of halogens is 2. The van der Waals surface area contributed by atoms with Crippen LogP contribution in [0.25, 0.3) is 0 Å². The van der Waals surface area contributed by atoms with E-state index in [1.807, 2.05) is 49.1 Å². The van der Waals surface area contributed by atoms with Crippen molar-refractivity contribution in [3.05, 3.63) is 70.5 Å². The summed E-state index contributed by atoms with van der Waals surface area (Å²) in [6, 6.07) is 14.1. The topological polar surface area (TPSA) is 20.3 Å². The SMILES string of the molecule is CC(C)(C(=O)N1CCC(c2cccc(F)c2)C1)c1ccc(Cl)cc1. The monoisotopic (exact) mass is 345 g/mol. The first-order valence-electron chi connectivity index (χ1n) is 8.19. The molecule has 2 nitrogen and oxygen atoms in total. The molecule has 1 aliphatic rings. The molecule has 0 spiro atoms. The molecule has 24 heavy (non-hydrogen) atoms. The molecule has 1 amide bonds. The number of hydrogen-bond acceptors (Lipinski definition) is 1. The Balaban J connectivity index is 1.75. The van der Waals surface area contributed by atoms with E-state index in [4.69, 9.17) is 11.6 Å². The average Bonchev–Trinajstić information content (AvgIpc) is 3.04. The van der Waals surface area contributed by atoms with Gasteiger partial charge in [0.1, 0.15) is 5.82 Å². The molecule has 3 rings (SSSR count). The molecule has 4 heteroatoms. The second-order valence-corrected chi connectivity index (χ2v) is 7.36. The lowest BCUT2D eigenvalue weighted by Gasteiger charge is -2.30. The molecule has 1 heterocycles. The van der Waals surface area contributed by atoms with Gasteiger partial charge in [0.05, 0.1) is 5.41 Å². The van der Waals surface area contributed by atoms with Crippen LogP contribution in [0.3, 0.4) is 0 Å². The van der Waals surface area contributed by atoms with Gasteiger partial charge >= 0.3 is 0 Å².